The SMILES string of the molecule is C/C(Cl)=C\Cn1c(SCCCCCl)nc2c1c(=O)[nH]c(=O)n2C. The zero-order valence-corrected chi connectivity index (χ0v) is 15.3. The second-order valence-corrected chi connectivity index (χ2v) is 7.07. The van der Waals surface area contributed by atoms with Gasteiger partial charge in [0.1, 0.15) is 0 Å². The summed E-state index contributed by atoms with van der Waals surface area (Å²) in [5.74, 6) is 1.46. The molecule has 9 heteroatoms. The highest BCUT2D eigenvalue weighted by molar-refractivity contribution is 7.99. The van der Waals surface area contributed by atoms with Gasteiger partial charge in [-0.05, 0) is 19.8 Å². The van der Waals surface area contributed by atoms with Crippen LogP contribution in [0.15, 0.2) is 25.9 Å². The van der Waals surface area contributed by atoms with Gasteiger partial charge in [-0.3, -0.25) is 14.3 Å². The Balaban J connectivity index is 2.51. The lowest BCUT2D eigenvalue weighted by Crippen LogP contribution is -2.29. The summed E-state index contributed by atoms with van der Waals surface area (Å²) in [5.41, 5.74) is -0.168. The van der Waals surface area contributed by atoms with Crippen molar-refractivity contribution < 1.29 is 0 Å². The smallest absolute Gasteiger partial charge is 0.309 e. The van der Waals surface area contributed by atoms with Gasteiger partial charge in [-0.15, -0.1) is 11.6 Å². The topological polar surface area (TPSA) is 72.7 Å². The van der Waals surface area contributed by atoms with Gasteiger partial charge in [-0.25, -0.2) is 9.78 Å². The van der Waals surface area contributed by atoms with E-state index in [1.165, 1.54) is 4.57 Å². The number of allylic oxidation sites excluding steroid dienone is 2. The van der Waals surface area contributed by atoms with E-state index in [0.29, 0.717) is 33.8 Å². The Labute approximate surface area is 147 Å². The van der Waals surface area contributed by atoms with Gasteiger partial charge < -0.3 is 4.57 Å². The fourth-order valence-corrected chi connectivity index (χ4v) is 3.33. The van der Waals surface area contributed by atoms with E-state index >= 15 is 0 Å². The number of H-pyrrole nitrogens is 1. The molecule has 0 saturated heterocycles. The first-order valence-corrected chi connectivity index (χ1v) is 9.06. The lowest BCUT2D eigenvalue weighted by Gasteiger charge is -2.05. The number of nitrogens with one attached hydrogen (secondary N) is 1. The fraction of sp³-hybridized carbons (Fsp3) is 0.500. The van der Waals surface area contributed by atoms with E-state index in [1.54, 1.807) is 36.4 Å². The van der Waals surface area contributed by atoms with Crippen LogP contribution in [-0.4, -0.2) is 30.7 Å². The Morgan fingerprint density at radius 1 is 1.39 bits per heavy atom. The van der Waals surface area contributed by atoms with Crippen LogP contribution < -0.4 is 11.2 Å². The highest BCUT2D eigenvalue weighted by Gasteiger charge is 2.16. The normalized spacial score (nSPS) is 12.3. The third kappa shape index (κ3) is 4.22. The van der Waals surface area contributed by atoms with Crippen molar-refractivity contribution in [3.63, 3.8) is 0 Å². The molecule has 0 spiro atoms. The molecule has 2 aromatic rings. The molecule has 0 aliphatic rings. The summed E-state index contributed by atoms with van der Waals surface area (Å²) in [5, 5.41) is 1.32. The predicted octanol–water partition coefficient (Wildman–Crippen LogP) is 2.68. The number of hydrogen-bond donors (Lipinski definition) is 1. The van der Waals surface area contributed by atoms with Crippen molar-refractivity contribution in [3.05, 3.63) is 31.9 Å². The zero-order valence-electron chi connectivity index (χ0n) is 12.9. The first-order chi connectivity index (χ1) is 11.0. The van der Waals surface area contributed by atoms with Crippen LogP contribution in [0.1, 0.15) is 19.8 Å². The number of aromatic amines is 1. The number of hydrogen-bond acceptors (Lipinski definition) is 4. The highest BCUT2D eigenvalue weighted by atomic mass is 35.5. The summed E-state index contributed by atoms with van der Waals surface area (Å²) >= 11 is 13.1. The van der Waals surface area contributed by atoms with E-state index in [4.69, 9.17) is 23.2 Å². The van der Waals surface area contributed by atoms with Crippen molar-refractivity contribution in [3.8, 4) is 0 Å². The van der Waals surface area contributed by atoms with Gasteiger partial charge in [0.2, 0.25) is 0 Å². The minimum absolute atomic E-state index is 0.374. The van der Waals surface area contributed by atoms with Gasteiger partial charge in [0.05, 0.1) is 0 Å². The Morgan fingerprint density at radius 3 is 2.78 bits per heavy atom. The number of aryl methyl sites for hydroxylation is 1. The first-order valence-electron chi connectivity index (χ1n) is 7.16. The third-order valence-electron chi connectivity index (χ3n) is 3.29. The second kappa shape index (κ2) is 8.08. The van der Waals surface area contributed by atoms with Crippen LogP contribution in [0.3, 0.4) is 0 Å². The molecule has 6 nitrogen and oxygen atoms in total. The largest absolute Gasteiger partial charge is 0.329 e. The fourth-order valence-electron chi connectivity index (χ4n) is 2.07. The summed E-state index contributed by atoms with van der Waals surface area (Å²) in [6, 6.07) is 0. The van der Waals surface area contributed by atoms with Crippen LogP contribution in [0.25, 0.3) is 11.2 Å². The van der Waals surface area contributed by atoms with Crippen molar-refractivity contribution in [2.75, 3.05) is 11.6 Å². The van der Waals surface area contributed by atoms with Crippen molar-refractivity contribution in [2.45, 2.75) is 31.5 Å². The maximum atomic E-state index is 12.2. The average molecular weight is 377 g/mol. The van der Waals surface area contributed by atoms with Gasteiger partial charge in [-0.2, -0.15) is 0 Å². The molecule has 2 heterocycles. The van der Waals surface area contributed by atoms with Crippen LogP contribution in [0.5, 0.6) is 0 Å². The lowest BCUT2D eigenvalue weighted by molar-refractivity contribution is 0.741. The molecule has 0 aliphatic heterocycles. The molecule has 1 N–H and O–H groups in total. The molecular weight excluding hydrogens is 359 g/mol. The number of imidazole rings is 1. The first kappa shape index (κ1) is 18.2. The lowest BCUT2D eigenvalue weighted by atomic mass is 10.4. The molecule has 0 unspecified atom stereocenters. The summed E-state index contributed by atoms with van der Waals surface area (Å²) in [4.78, 5) is 30.7. The Morgan fingerprint density at radius 2 is 2.13 bits per heavy atom. The molecule has 0 atom stereocenters. The Kier molecular flexibility index (Phi) is 6.38. The summed E-state index contributed by atoms with van der Waals surface area (Å²) in [6.45, 7) is 2.19. The number of aromatic nitrogens is 4. The standard InChI is InChI=1S/C14H18Cl2N4O2S/c1-9(16)5-7-20-10-11(19(2)13(22)18-12(10)21)17-14(20)23-8-4-3-6-15/h5H,3-4,6-8H2,1-2H3,(H,18,21,22)/b9-5+. The van der Waals surface area contributed by atoms with Crippen LogP contribution in [0.4, 0.5) is 0 Å². The van der Waals surface area contributed by atoms with Crippen LogP contribution in [-0.2, 0) is 13.6 Å². The zero-order chi connectivity index (χ0) is 17.0. The molecule has 126 valence electrons. The molecule has 0 fully saturated rings. The van der Waals surface area contributed by atoms with Gasteiger partial charge in [0, 0.05) is 30.3 Å². The molecule has 2 rings (SSSR count). The molecule has 0 aliphatic carbocycles. The van der Waals surface area contributed by atoms with Gasteiger partial charge in [0.15, 0.2) is 16.3 Å². The van der Waals surface area contributed by atoms with E-state index in [-0.39, 0.29) is 0 Å². The highest BCUT2D eigenvalue weighted by Crippen LogP contribution is 2.23. The molecular formula is C14H18Cl2N4O2S. The molecule has 23 heavy (non-hydrogen) atoms. The predicted molar refractivity (Wildman–Crippen MR) is 95.9 cm³/mol. The molecule has 2 aromatic heterocycles. The molecule has 0 amide bonds. The summed E-state index contributed by atoms with van der Waals surface area (Å²) in [6.07, 6.45) is 3.68. The van der Waals surface area contributed by atoms with Gasteiger partial charge in [-0.1, -0.05) is 29.4 Å². The molecule has 0 aromatic carbocycles. The number of rotatable bonds is 7. The second-order valence-electron chi connectivity index (χ2n) is 5.03. The number of halogens is 2. The maximum Gasteiger partial charge on any atom is 0.329 e. The van der Waals surface area contributed by atoms with E-state index < -0.39 is 11.2 Å². The third-order valence-corrected chi connectivity index (χ3v) is 4.77. The number of nitrogens with zero attached hydrogens (tertiary/aromatic N) is 3. The number of alkyl halides is 1. The molecule has 0 saturated carbocycles. The maximum absolute atomic E-state index is 12.2. The monoisotopic (exact) mass is 376 g/mol. The molecule has 0 bridgehead atoms. The Bertz CT molecular complexity index is 834. The van der Waals surface area contributed by atoms with Crippen molar-refractivity contribution in [2.24, 2.45) is 7.05 Å². The average Bonchev–Trinajstić information content (AvgIpc) is 2.86. The number of thioether (sulfide) groups is 1. The van der Waals surface area contributed by atoms with Crippen LogP contribution >= 0.6 is 35.0 Å². The van der Waals surface area contributed by atoms with Crippen molar-refractivity contribution in [1.82, 2.24) is 19.1 Å². The van der Waals surface area contributed by atoms with Crippen LogP contribution in [0, 0.1) is 0 Å². The minimum atomic E-state index is -0.477. The van der Waals surface area contributed by atoms with Crippen molar-refractivity contribution >= 4 is 46.1 Å². The summed E-state index contributed by atoms with van der Waals surface area (Å²) < 4.78 is 3.12. The Hall–Kier alpha value is -1.18. The van der Waals surface area contributed by atoms with E-state index in [1.807, 2.05) is 0 Å². The quantitative estimate of drug-likeness (QED) is 0.458. The molecule has 0 radical (unpaired) electrons. The number of fused-ring (bicyclic) bond motifs is 1. The van der Waals surface area contributed by atoms with Gasteiger partial charge in [0.25, 0.3) is 5.56 Å². The van der Waals surface area contributed by atoms with E-state index in [9.17, 15) is 9.59 Å². The van der Waals surface area contributed by atoms with E-state index in [0.717, 1.165) is 18.6 Å². The van der Waals surface area contributed by atoms with Crippen molar-refractivity contribution in [1.29, 1.82) is 0 Å². The minimum Gasteiger partial charge on any atom is -0.309 e. The van der Waals surface area contributed by atoms with E-state index in [2.05, 4.69) is 9.97 Å². The van der Waals surface area contributed by atoms with Gasteiger partial charge >= 0.3 is 5.69 Å². The number of unbranched alkanes of at least 4 members (excludes halogenated alkanes) is 1. The summed E-state index contributed by atoms with van der Waals surface area (Å²) in [7, 11) is 1.59. The van der Waals surface area contributed by atoms with Crippen LogP contribution in [0.2, 0.25) is 0 Å².